The van der Waals surface area contributed by atoms with Crippen LogP contribution in [0.2, 0.25) is 0 Å². The average molecular weight is 364 g/mol. The van der Waals surface area contributed by atoms with Crippen LogP contribution in [0, 0.1) is 0 Å². The fourth-order valence-corrected chi connectivity index (χ4v) is 4.75. The van der Waals surface area contributed by atoms with Crippen LogP contribution in [-0.2, 0) is 15.5 Å². The largest absolute Gasteiger partial charge is 0.401 e. The molecule has 0 bridgehead atoms. The fraction of sp³-hybridized carbons (Fsp3) is 0.136. The smallest absolute Gasteiger partial charge is 0.343 e. The first-order chi connectivity index (χ1) is 12.6. The van der Waals surface area contributed by atoms with Crippen molar-refractivity contribution in [2.24, 2.45) is 0 Å². The third kappa shape index (κ3) is 3.95. The molecule has 3 aromatic carbocycles. The summed E-state index contributed by atoms with van der Waals surface area (Å²) in [4.78, 5) is 12.7. The molecule has 0 aromatic heterocycles. The molecule has 0 unspecified atom stereocenters. The van der Waals surface area contributed by atoms with E-state index < -0.39 is 13.3 Å². The van der Waals surface area contributed by atoms with Crippen molar-refractivity contribution in [3.8, 4) is 0 Å². The second-order valence-corrected chi connectivity index (χ2v) is 8.37. The molecule has 0 spiro atoms. The zero-order chi connectivity index (χ0) is 18.4. The zero-order valence-corrected chi connectivity index (χ0v) is 15.6. The van der Waals surface area contributed by atoms with Gasteiger partial charge in [0, 0.05) is 0 Å². The van der Waals surface area contributed by atoms with E-state index in [9.17, 15) is 9.36 Å². The maximum Gasteiger partial charge on any atom is 0.343 e. The summed E-state index contributed by atoms with van der Waals surface area (Å²) in [5.41, 5.74) is 1.57. The van der Waals surface area contributed by atoms with Crippen LogP contribution in [0.15, 0.2) is 84.9 Å². The van der Waals surface area contributed by atoms with Gasteiger partial charge in [-0.15, -0.1) is 0 Å². The molecule has 0 aliphatic rings. The quantitative estimate of drug-likeness (QED) is 0.594. The summed E-state index contributed by atoms with van der Waals surface area (Å²) in [6.07, 6.45) is 2.00. The SMILES string of the molecule is CCCc1ccc(C(=O)OP(=O)(c2ccccc2)c2ccccc2)cc1. The van der Waals surface area contributed by atoms with E-state index in [0.29, 0.717) is 16.2 Å². The van der Waals surface area contributed by atoms with E-state index in [1.165, 1.54) is 5.56 Å². The standard InChI is InChI=1S/C22H21O3P/c1-2-9-18-14-16-19(17-15-18)22(23)25-26(24,20-10-5-3-6-11-20)21-12-7-4-8-13-21/h3-8,10-17H,2,9H2,1H3. The molecule has 0 amide bonds. The number of carbonyl (C=O) groups excluding carboxylic acids is 1. The third-order valence-corrected chi connectivity index (χ3v) is 6.51. The van der Waals surface area contributed by atoms with Crippen molar-refractivity contribution < 1.29 is 13.9 Å². The van der Waals surface area contributed by atoms with Gasteiger partial charge in [0.2, 0.25) is 0 Å². The maximum atomic E-state index is 13.7. The summed E-state index contributed by atoms with van der Waals surface area (Å²) in [5, 5.41) is 1.00. The van der Waals surface area contributed by atoms with Crippen molar-refractivity contribution in [3.63, 3.8) is 0 Å². The van der Waals surface area contributed by atoms with Crippen molar-refractivity contribution in [2.75, 3.05) is 0 Å². The molecule has 3 rings (SSSR count). The van der Waals surface area contributed by atoms with Crippen LogP contribution < -0.4 is 10.6 Å². The average Bonchev–Trinajstić information content (AvgIpc) is 2.70. The second kappa shape index (κ2) is 8.16. The van der Waals surface area contributed by atoms with Gasteiger partial charge in [0.1, 0.15) is 0 Å². The predicted octanol–water partition coefficient (Wildman–Crippen LogP) is 4.73. The van der Waals surface area contributed by atoms with Gasteiger partial charge >= 0.3 is 13.3 Å². The van der Waals surface area contributed by atoms with Crippen LogP contribution in [0.3, 0.4) is 0 Å². The van der Waals surface area contributed by atoms with Gasteiger partial charge in [-0.1, -0.05) is 61.9 Å². The number of hydrogen-bond donors (Lipinski definition) is 0. The monoisotopic (exact) mass is 364 g/mol. The fourth-order valence-electron chi connectivity index (χ4n) is 2.77. The number of benzene rings is 3. The molecule has 132 valence electrons. The normalized spacial score (nSPS) is 11.1. The molecule has 26 heavy (non-hydrogen) atoms. The van der Waals surface area contributed by atoms with Gasteiger partial charge in [0.05, 0.1) is 16.2 Å². The zero-order valence-electron chi connectivity index (χ0n) is 14.7. The number of carbonyl (C=O) groups is 1. The van der Waals surface area contributed by atoms with E-state index in [0.717, 1.165) is 12.8 Å². The second-order valence-electron chi connectivity index (χ2n) is 6.05. The Morgan fingerprint density at radius 1 is 0.808 bits per heavy atom. The molecule has 3 nitrogen and oxygen atoms in total. The lowest BCUT2D eigenvalue weighted by atomic mass is 10.1. The molecule has 0 saturated carbocycles. The van der Waals surface area contributed by atoms with Gasteiger partial charge in [-0.05, 0) is 48.4 Å². The van der Waals surface area contributed by atoms with Crippen molar-refractivity contribution in [2.45, 2.75) is 19.8 Å². The lowest BCUT2D eigenvalue weighted by Crippen LogP contribution is -2.20. The Hall–Kier alpha value is -2.64. The highest BCUT2D eigenvalue weighted by Crippen LogP contribution is 2.45. The first kappa shape index (κ1) is 18.2. The van der Waals surface area contributed by atoms with E-state index in [1.54, 1.807) is 60.7 Å². The van der Waals surface area contributed by atoms with Crippen molar-refractivity contribution in [1.82, 2.24) is 0 Å². The van der Waals surface area contributed by atoms with E-state index in [2.05, 4.69) is 6.92 Å². The Morgan fingerprint density at radius 2 is 1.31 bits per heavy atom. The number of aryl methyl sites for hydroxylation is 1. The topological polar surface area (TPSA) is 43.4 Å². The molecule has 0 fully saturated rings. The van der Waals surface area contributed by atoms with Gasteiger partial charge in [-0.2, -0.15) is 0 Å². The summed E-state index contributed by atoms with van der Waals surface area (Å²) >= 11 is 0. The van der Waals surface area contributed by atoms with Crippen LogP contribution in [0.25, 0.3) is 0 Å². The highest BCUT2D eigenvalue weighted by atomic mass is 31.2. The minimum atomic E-state index is -3.52. The Balaban J connectivity index is 1.94. The third-order valence-electron chi connectivity index (χ3n) is 4.13. The Bertz CT molecular complexity index is 860. The molecular weight excluding hydrogens is 343 g/mol. The van der Waals surface area contributed by atoms with Crippen LogP contribution in [0.5, 0.6) is 0 Å². The van der Waals surface area contributed by atoms with E-state index >= 15 is 0 Å². The molecule has 3 aromatic rings. The van der Waals surface area contributed by atoms with Crippen LogP contribution >= 0.6 is 7.37 Å². The molecule has 4 heteroatoms. The predicted molar refractivity (Wildman–Crippen MR) is 106 cm³/mol. The first-order valence-corrected chi connectivity index (χ1v) is 10.3. The van der Waals surface area contributed by atoms with Crippen LogP contribution in [0.1, 0.15) is 29.3 Å². The molecule has 0 N–H and O–H groups in total. The summed E-state index contributed by atoms with van der Waals surface area (Å²) < 4.78 is 19.3. The molecule has 0 aliphatic heterocycles. The minimum absolute atomic E-state index is 0.400. The molecule has 0 aliphatic carbocycles. The molecule has 0 saturated heterocycles. The Kier molecular flexibility index (Phi) is 5.70. The Labute approximate surface area is 154 Å². The van der Waals surface area contributed by atoms with E-state index in [4.69, 9.17) is 4.52 Å². The van der Waals surface area contributed by atoms with Gasteiger partial charge in [-0.25, -0.2) is 4.79 Å². The molecule has 0 heterocycles. The lowest BCUT2D eigenvalue weighted by molar-refractivity contribution is 0.0747. The molecule has 0 atom stereocenters. The van der Waals surface area contributed by atoms with Gasteiger partial charge in [0.15, 0.2) is 0 Å². The van der Waals surface area contributed by atoms with E-state index in [-0.39, 0.29) is 0 Å². The first-order valence-electron chi connectivity index (χ1n) is 8.67. The van der Waals surface area contributed by atoms with Gasteiger partial charge < -0.3 is 4.52 Å². The summed E-state index contributed by atoms with van der Waals surface area (Å²) in [6.45, 7) is 2.11. The summed E-state index contributed by atoms with van der Waals surface area (Å²) in [6, 6.07) is 25.0. The minimum Gasteiger partial charge on any atom is -0.401 e. The van der Waals surface area contributed by atoms with Crippen LogP contribution in [-0.4, -0.2) is 5.97 Å². The van der Waals surface area contributed by atoms with Crippen LogP contribution in [0.4, 0.5) is 0 Å². The number of rotatable bonds is 6. The summed E-state index contributed by atoms with van der Waals surface area (Å²) in [5.74, 6) is -0.580. The highest BCUT2D eigenvalue weighted by molar-refractivity contribution is 7.74. The lowest BCUT2D eigenvalue weighted by Gasteiger charge is -2.19. The molecular formula is C22H21O3P. The summed E-state index contributed by atoms with van der Waals surface area (Å²) in [7, 11) is -3.52. The number of hydrogen-bond acceptors (Lipinski definition) is 3. The highest BCUT2D eigenvalue weighted by Gasteiger charge is 2.32. The molecule has 0 radical (unpaired) electrons. The van der Waals surface area contributed by atoms with Gasteiger partial charge in [0.25, 0.3) is 0 Å². The van der Waals surface area contributed by atoms with E-state index in [1.807, 2.05) is 24.3 Å². The van der Waals surface area contributed by atoms with Gasteiger partial charge in [-0.3, -0.25) is 4.57 Å². The maximum absolute atomic E-state index is 13.7. The van der Waals surface area contributed by atoms with Crippen molar-refractivity contribution in [1.29, 1.82) is 0 Å². The van der Waals surface area contributed by atoms with Crippen molar-refractivity contribution >= 4 is 23.9 Å². The Morgan fingerprint density at radius 3 is 1.77 bits per heavy atom. The van der Waals surface area contributed by atoms with Crippen molar-refractivity contribution in [3.05, 3.63) is 96.1 Å².